The molecule has 0 saturated carbocycles. The van der Waals surface area contributed by atoms with Gasteiger partial charge in [-0.3, -0.25) is 9.36 Å². The molecular weight excluding hydrogens is 412 g/mol. The standard InChI is InChI=1S/C28H24N2O3/c1-32-22-16-14-21(15-17-22)27-29-25-12-5-4-11-24(25)28(31)30(27)18-7-19-33-26-13-6-9-20-8-2-3-10-23(20)26/h2-6,8-17H,7,18-19H2,1H3. The maximum Gasteiger partial charge on any atom is 0.261 e. The van der Waals surface area contributed by atoms with Crippen molar-refractivity contribution in [1.29, 1.82) is 0 Å². The molecule has 164 valence electrons. The largest absolute Gasteiger partial charge is 0.497 e. The quantitative estimate of drug-likeness (QED) is 0.307. The Morgan fingerprint density at radius 2 is 1.55 bits per heavy atom. The highest BCUT2D eigenvalue weighted by Crippen LogP contribution is 2.26. The summed E-state index contributed by atoms with van der Waals surface area (Å²) in [4.78, 5) is 18.2. The first-order chi connectivity index (χ1) is 16.2. The number of aromatic nitrogens is 2. The molecule has 1 heterocycles. The Morgan fingerprint density at radius 1 is 0.818 bits per heavy atom. The van der Waals surface area contributed by atoms with Gasteiger partial charge in [0.15, 0.2) is 0 Å². The van der Waals surface area contributed by atoms with Crippen molar-refractivity contribution < 1.29 is 9.47 Å². The lowest BCUT2D eigenvalue weighted by Crippen LogP contribution is -2.24. The summed E-state index contributed by atoms with van der Waals surface area (Å²) in [5.41, 5.74) is 1.52. The van der Waals surface area contributed by atoms with Crippen molar-refractivity contribution in [3.8, 4) is 22.9 Å². The third kappa shape index (κ3) is 4.17. The molecule has 0 aliphatic heterocycles. The Balaban J connectivity index is 1.42. The number of fused-ring (bicyclic) bond motifs is 2. The van der Waals surface area contributed by atoms with E-state index >= 15 is 0 Å². The summed E-state index contributed by atoms with van der Waals surface area (Å²) in [6.07, 6.45) is 0.673. The third-order valence-electron chi connectivity index (χ3n) is 5.74. The number of benzene rings is 4. The summed E-state index contributed by atoms with van der Waals surface area (Å²) in [6, 6.07) is 29.3. The van der Waals surface area contributed by atoms with E-state index in [1.807, 2.05) is 72.8 Å². The number of para-hydroxylation sites is 1. The highest BCUT2D eigenvalue weighted by molar-refractivity contribution is 5.88. The fourth-order valence-corrected chi connectivity index (χ4v) is 4.06. The second kappa shape index (κ2) is 9.17. The molecule has 0 spiro atoms. The lowest BCUT2D eigenvalue weighted by atomic mass is 10.1. The Morgan fingerprint density at radius 3 is 2.36 bits per heavy atom. The van der Waals surface area contributed by atoms with Crippen LogP contribution in [0.4, 0.5) is 0 Å². The van der Waals surface area contributed by atoms with Crippen LogP contribution >= 0.6 is 0 Å². The molecule has 0 bridgehead atoms. The van der Waals surface area contributed by atoms with Crippen molar-refractivity contribution in [1.82, 2.24) is 9.55 Å². The lowest BCUT2D eigenvalue weighted by Gasteiger charge is -2.15. The second-order valence-corrected chi connectivity index (χ2v) is 7.82. The topological polar surface area (TPSA) is 53.3 Å². The van der Waals surface area contributed by atoms with E-state index in [2.05, 4.69) is 18.2 Å². The van der Waals surface area contributed by atoms with Gasteiger partial charge in [0.1, 0.15) is 17.3 Å². The van der Waals surface area contributed by atoms with Gasteiger partial charge in [0.2, 0.25) is 0 Å². The maximum atomic E-state index is 13.3. The minimum absolute atomic E-state index is 0.0448. The molecule has 33 heavy (non-hydrogen) atoms. The zero-order valence-corrected chi connectivity index (χ0v) is 18.4. The second-order valence-electron chi connectivity index (χ2n) is 7.82. The smallest absolute Gasteiger partial charge is 0.261 e. The number of ether oxygens (including phenoxy) is 2. The molecule has 0 saturated heterocycles. The van der Waals surface area contributed by atoms with E-state index in [4.69, 9.17) is 14.5 Å². The number of hydrogen-bond donors (Lipinski definition) is 0. The first kappa shape index (κ1) is 20.8. The van der Waals surface area contributed by atoms with Crippen molar-refractivity contribution in [2.24, 2.45) is 0 Å². The van der Waals surface area contributed by atoms with E-state index in [-0.39, 0.29) is 5.56 Å². The Bertz CT molecular complexity index is 1470. The predicted molar refractivity (Wildman–Crippen MR) is 132 cm³/mol. The first-order valence-corrected chi connectivity index (χ1v) is 11.0. The summed E-state index contributed by atoms with van der Waals surface area (Å²) in [7, 11) is 1.63. The van der Waals surface area contributed by atoms with Crippen LogP contribution in [0, 0.1) is 0 Å². The van der Waals surface area contributed by atoms with E-state index in [9.17, 15) is 4.79 Å². The van der Waals surface area contributed by atoms with Crippen LogP contribution < -0.4 is 15.0 Å². The first-order valence-electron chi connectivity index (χ1n) is 11.0. The summed E-state index contributed by atoms with van der Waals surface area (Å²) < 4.78 is 13.1. The molecule has 0 N–H and O–H groups in total. The van der Waals surface area contributed by atoms with E-state index in [0.717, 1.165) is 27.8 Å². The summed E-state index contributed by atoms with van der Waals surface area (Å²) in [5, 5.41) is 2.85. The van der Waals surface area contributed by atoms with Crippen LogP contribution in [0.2, 0.25) is 0 Å². The summed E-state index contributed by atoms with van der Waals surface area (Å²) >= 11 is 0. The molecule has 4 aromatic carbocycles. The molecule has 0 unspecified atom stereocenters. The van der Waals surface area contributed by atoms with Gasteiger partial charge in [0.25, 0.3) is 5.56 Å². The molecule has 0 aliphatic carbocycles. The normalized spacial score (nSPS) is 11.1. The molecule has 5 aromatic rings. The molecule has 0 fully saturated rings. The minimum Gasteiger partial charge on any atom is -0.497 e. The van der Waals surface area contributed by atoms with E-state index in [1.165, 1.54) is 0 Å². The monoisotopic (exact) mass is 436 g/mol. The molecule has 5 heteroatoms. The van der Waals surface area contributed by atoms with Crippen LogP contribution in [-0.4, -0.2) is 23.3 Å². The van der Waals surface area contributed by atoms with Gasteiger partial charge in [-0.25, -0.2) is 4.98 Å². The van der Waals surface area contributed by atoms with Crippen LogP contribution in [0.1, 0.15) is 6.42 Å². The van der Waals surface area contributed by atoms with Gasteiger partial charge in [0, 0.05) is 17.5 Å². The fraction of sp³-hybridized carbons (Fsp3) is 0.143. The van der Waals surface area contributed by atoms with Crippen LogP contribution in [0.3, 0.4) is 0 Å². The molecule has 5 nitrogen and oxygen atoms in total. The van der Waals surface area contributed by atoms with Crippen molar-refractivity contribution in [3.63, 3.8) is 0 Å². The average Bonchev–Trinajstić information content (AvgIpc) is 2.87. The SMILES string of the molecule is COc1ccc(-c2nc3ccccc3c(=O)n2CCCOc2cccc3ccccc23)cc1. The Kier molecular flexibility index (Phi) is 5.77. The van der Waals surface area contributed by atoms with Gasteiger partial charge < -0.3 is 9.47 Å². The predicted octanol–water partition coefficient (Wildman–Crippen LogP) is 5.69. The summed E-state index contributed by atoms with van der Waals surface area (Å²) in [5.74, 6) is 2.26. The molecule has 5 rings (SSSR count). The van der Waals surface area contributed by atoms with Gasteiger partial charge in [-0.15, -0.1) is 0 Å². The van der Waals surface area contributed by atoms with Crippen LogP contribution in [0.15, 0.2) is 95.8 Å². The highest BCUT2D eigenvalue weighted by atomic mass is 16.5. The number of hydrogen-bond acceptors (Lipinski definition) is 4. The average molecular weight is 437 g/mol. The lowest BCUT2D eigenvalue weighted by molar-refractivity contribution is 0.304. The fourth-order valence-electron chi connectivity index (χ4n) is 4.06. The van der Waals surface area contributed by atoms with Gasteiger partial charge in [-0.1, -0.05) is 48.5 Å². The Hall–Kier alpha value is -4.12. The van der Waals surface area contributed by atoms with Crippen molar-refractivity contribution in [2.45, 2.75) is 13.0 Å². The molecule has 0 amide bonds. The number of nitrogens with zero attached hydrogens (tertiary/aromatic N) is 2. The van der Waals surface area contributed by atoms with Crippen LogP contribution in [0.5, 0.6) is 11.5 Å². The third-order valence-corrected chi connectivity index (χ3v) is 5.74. The van der Waals surface area contributed by atoms with E-state index in [1.54, 1.807) is 11.7 Å². The molecular formula is C28H24N2O3. The van der Waals surface area contributed by atoms with Gasteiger partial charge >= 0.3 is 0 Å². The van der Waals surface area contributed by atoms with E-state index in [0.29, 0.717) is 36.3 Å². The van der Waals surface area contributed by atoms with E-state index < -0.39 is 0 Å². The number of methoxy groups -OCH3 is 1. The Labute approximate surface area is 191 Å². The molecule has 0 aliphatic rings. The maximum absolute atomic E-state index is 13.3. The van der Waals surface area contributed by atoms with Gasteiger partial charge in [-0.05, 0) is 54.3 Å². The number of rotatable bonds is 7. The van der Waals surface area contributed by atoms with Crippen LogP contribution in [0.25, 0.3) is 33.1 Å². The van der Waals surface area contributed by atoms with Gasteiger partial charge in [-0.2, -0.15) is 0 Å². The van der Waals surface area contributed by atoms with Crippen molar-refractivity contribution in [3.05, 3.63) is 101 Å². The zero-order chi connectivity index (χ0) is 22.6. The van der Waals surface area contributed by atoms with Crippen LogP contribution in [-0.2, 0) is 6.54 Å². The molecule has 0 atom stereocenters. The molecule has 1 aromatic heterocycles. The highest BCUT2D eigenvalue weighted by Gasteiger charge is 2.13. The van der Waals surface area contributed by atoms with Crippen molar-refractivity contribution >= 4 is 21.7 Å². The van der Waals surface area contributed by atoms with Crippen molar-refractivity contribution in [2.75, 3.05) is 13.7 Å². The van der Waals surface area contributed by atoms with Gasteiger partial charge in [0.05, 0.1) is 24.6 Å². The summed E-state index contributed by atoms with van der Waals surface area (Å²) in [6.45, 7) is 0.998. The minimum atomic E-state index is -0.0448. The zero-order valence-electron chi connectivity index (χ0n) is 18.4. The molecule has 0 radical (unpaired) electrons.